The first-order chi connectivity index (χ1) is 5.15. The van der Waals surface area contributed by atoms with E-state index in [-0.39, 0.29) is 16.0 Å². The van der Waals surface area contributed by atoms with Gasteiger partial charge in [0, 0.05) is 0 Å². The summed E-state index contributed by atoms with van der Waals surface area (Å²) in [7, 11) is 0. The lowest BCUT2D eigenvalue weighted by atomic mass is 10.3. The van der Waals surface area contributed by atoms with Gasteiger partial charge in [-0.15, -0.1) is 0 Å². The van der Waals surface area contributed by atoms with Crippen molar-refractivity contribution >= 4 is 28.9 Å². The normalized spacial score (nSPS) is 9.82. The van der Waals surface area contributed by atoms with Crippen LogP contribution in [0.25, 0.3) is 0 Å². The van der Waals surface area contributed by atoms with Crippen molar-refractivity contribution in [3.05, 3.63) is 27.1 Å². The number of pyridine rings is 1. The molecule has 0 bridgehead atoms. The Morgan fingerprint density at radius 2 is 2.18 bits per heavy atom. The van der Waals surface area contributed by atoms with Gasteiger partial charge >= 0.3 is 0 Å². The van der Waals surface area contributed by atoms with Gasteiger partial charge in [-0.3, -0.25) is 0 Å². The van der Waals surface area contributed by atoms with Crippen molar-refractivity contribution in [1.29, 1.82) is 0 Å². The van der Waals surface area contributed by atoms with Gasteiger partial charge < -0.3 is 10.7 Å². The minimum atomic E-state index is 0.102. The van der Waals surface area contributed by atoms with Crippen LogP contribution in [-0.2, 0) is 0 Å². The third-order valence-corrected chi connectivity index (χ3v) is 1.71. The summed E-state index contributed by atoms with van der Waals surface area (Å²) in [6.45, 7) is 1.72. The van der Waals surface area contributed by atoms with Gasteiger partial charge in [0.25, 0.3) is 0 Å². The molecule has 1 rings (SSSR count). The predicted molar refractivity (Wildman–Crippen MR) is 46.0 cm³/mol. The molecule has 0 aliphatic heterocycles. The maximum atomic E-state index is 10.3. The van der Waals surface area contributed by atoms with Gasteiger partial charge in [0.2, 0.25) is 0 Å². The van der Waals surface area contributed by atoms with Gasteiger partial charge in [0.15, 0.2) is 5.15 Å². The molecule has 5 heteroatoms. The molecule has 0 saturated heterocycles. The van der Waals surface area contributed by atoms with Gasteiger partial charge in [-0.1, -0.05) is 23.2 Å². The number of aryl methyl sites for hydroxylation is 1. The highest BCUT2D eigenvalue weighted by Crippen LogP contribution is 2.25. The van der Waals surface area contributed by atoms with E-state index in [4.69, 9.17) is 23.2 Å². The van der Waals surface area contributed by atoms with E-state index >= 15 is 0 Å². The summed E-state index contributed by atoms with van der Waals surface area (Å²) in [4.78, 5) is 3.67. The molecule has 0 aromatic carbocycles. The molecule has 0 unspecified atom stereocenters. The van der Waals surface area contributed by atoms with Crippen molar-refractivity contribution in [3.8, 4) is 0 Å². The van der Waals surface area contributed by atoms with Crippen molar-refractivity contribution in [2.75, 3.05) is 5.48 Å². The molecule has 0 radical (unpaired) electrons. The Labute approximate surface area is 73.9 Å². The minimum absolute atomic E-state index is 0.102. The Bertz CT molecular complexity index is 254. The summed E-state index contributed by atoms with van der Waals surface area (Å²) in [6.07, 6.45) is 0. The van der Waals surface area contributed by atoms with Crippen molar-refractivity contribution in [3.63, 3.8) is 0 Å². The number of hydrogen-bond donors (Lipinski definition) is 1. The Hall–Kier alpha value is -0.510. The summed E-state index contributed by atoms with van der Waals surface area (Å²) < 4.78 is 0. The first-order valence-electron chi connectivity index (χ1n) is 2.86. The largest absolute Gasteiger partial charge is 0.761 e. The molecule has 0 saturated carbocycles. The minimum Gasteiger partial charge on any atom is -0.761 e. The monoisotopic (exact) mass is 191 g/mol. The molecule has 1 aromatic heterocycles. The molecule has 0 amide bonds. The number of halogens is 2. The van der Waals surface area contributed by atoms with E-state index in [1.54, 1.807) is 18.5 Å². The molecule has 3 nitrogen and oxygen atoms in total. The number of rotatable bonds is 1. The zero-order chi connectivity index (χ0) is 8.43. The van der Waals surface area contributed by atoms with E-state index in [0.717, 1.165) is 0 Å². The summed E-state index contributed by atoms with van der Waals surface area (Å²) in [5.74, 6) is 0. The lowest BCUT2D eigenvalue weighted by Crippen LogP contribution is -1.92. The number of anilines is 1. The van der Waals surface area contributed by atoms with Crippen LogP contribution in [0.15, 0.2) is 6.07 Å². The van der Waals surface area contributed by atoms with Crippen LogP contribution in [0.1, 0.15) is 5.56 Å². The lowest BCUT2D eigenvalue weighted by molar-refractivity contribution is 1.28. The van der Waals surface area contributed by atoms with Crippen LogP contribution in [0.4, 0.5) is 5.69 Å². The first kappa shape index (κ1) is 8.59. The highest BCUT2D eigenvalue weighted by Gasteiger charge is 2.02. The SMILES string of the molecule is Cc1cc(Cl)nc(Cl)c1N[O-]. The zero-order valence-electron chi connectivity index (χ0n) is 5.69. The van der Waals surface area contributed by atoms with Crippen LogP contribution in [-0.4, -0.2) is 4.98 Å². The maximum absolute atomic E-state index is 10.3. The average molecular weight is 192 g/mol. The molecule has 1 aromatic rings. The zero-order valence-corrected chi connectivity index (χ0v) is 7.20. The fourth-order valence-electron chi connectivity index (χ4n) is 0.718. The van der Waals surface area contributed by atoms with Crippen LogP contribution >= 0.6 is 23.2 Å². The van der Waals surface area contributed by atoms with Gasteiger partial charge in [0.1, 0.15) is 5.15 Å². The van der Waals surface area contributed by atoms with Gasteiger partial charge in [0.05, 0.1) is 5.69 Å². The topological polar surface area (TPSA) is 48.0 Å². The molecular formula is C6H5Cl2N2O-. The van der Waals surface area contributed by atoms with E-state index in [2.05, 4.69) is 4.98 Å². The lowest BCUT2D eigenvalue weighted by Gasteiger charge is -2.13. The van der Waals surface area contributed by atoms with Crippen molar-refractivity contribution in [2.45, 2.75) is 6.92 Å². The number of nitrogens with one attached hydrogen (secondary N) is 1. The van der Waals surface area contributed by atoms with E-state index in [9.17, 15) is 5.21 Å². The Morgan fingerprint density at radius 3 is 2.64 bits per heavy atom. The van der Waals surface area contributed by atoms with Gasteiger partial charge in [-0.05, 0) is 18.6 Å². The highest BCUT2D eigenvalue weighted by atomic mass is 35.5. The van der Waals surface area contributed by atoms with E-state index in [1.807, 2.05) is 0 Å². The van der Waals surface area contributed by atoms with E-state index in [0.29, 0.717) is 5.56 Å². The quantitative estimate of drug-likeness (QED) is 0.549. The Balaban J connectivity index is 3.25. The summed E-state index contributed by atoms with van der Waals surface area (Å²) in [5.41, 5.74) is 2.65. The standard InChI is InChI=1S/C6H5Cl2N2O/c1-3-2-4(7)9-6(8)5(3)10-11/h2,10H,1H3/q-1. The second-order valence-electron chi connectivity index (χ2n) is 2.03. The van der Waals surface area contributed by atoms with Crippen LogP contribution in [0, 0.1) is 12.1 Å². The van der Waals surface area contributed by atoms with Gasteiger partial charge in [-0.25, -0.2) is 4.98 Å². The molecule has 0 fully saturated rings. The van der Waals surface area contributed by atoms with Crippen molar-refractivity contribution in [1.82, 2.24) is 4.98 Å². The second kappa shape index (κ2) is 3.26. The number of hydrogen-bond acceptors (Lipinski definition) is 3. The van der Waals surface area contributed by atoms with Crippen LogP contribution < -0.4 is 5.48 Å². The molecule has 0 aliphatic rings. The van der Waals surface area contributed by atoms with Gasteiger partial charge in [-0.2, -0.15) is 0 Å². The van der Waals surface area contributed by atoms with Crippen molar-refractivity contribution < 1.29 is 0 Å². The molecule has 0 aliphatic carbocycles. The molecular weight excluding hydrogens is 187 g/mol. The second-order valence-corrected chi connectivity index (χ2v) is 2.78. The molecule has 0 atom stereocenters. The van der Waals surface area contributed by atoms with E-state index < -0.39 is 0 Å². The fourth-order valence-corrected chi connectivity index (χ4v) is 1.29. The number of aromatic nitrogens is 1. The summed E-state index contributed by atoms with van der Waals surface area (Å²) in [6, 6.07) is 1.56. The smallest absolute Gasteiger partial charge is 0.153 e. The number of nitrogens with zero attached hydrogens (tertiary/aromatic N) is 1. The fraction of sp³-hybridized carbons (Fsp3) is 0.167. The van der Waals surface area contributed by atoms with Crippen LogP contribution in [0.3, 0.4) is 0 Å². The molecule has 11 heavy (non-hydrogen) atoms. The van der Waals surface area contributed by atoms with Crippen LogP contribution in [0.5, 0.6) is 0 Å². The summed E-state index contributed by atoms with van der Waals surface area (Å²) >= 11 is 11.1. The average Bonchev–Trinajstić information content (AvgIpc) is 1.85. The highest BCUT2D eigenvalue weighted by molar-refractivity contribution is 6.34. The van der Waals surface area contributed by atoms with Crippen molar-refractivity contribution in [2.24, 2.45) is 0 Å². The maximum Gasteiger partial charge on any atom is 0.153 e. The Morgan fingerprint density at radius 1 is 1.55 bits per heavy atom. The Kier molecular flexibility index (Phi) is 2.54. The molecule has 1 N–H and O–H groups in total. The molecule has 60 valence electrons. The molecule has 0 spiro atoms. The first-order valence-corrected chi connectivity index (χ1v) is 3.61. The third-order valence-electron chi connectivity index (χ3n) is 1.24. The van der Waals surface area contributed by atoms with E-state index in [1.165, 1.54) is 0 Å². The third kappa shape index (κ3) is 1.74. The molecule has 1 heterocycles. The van der Waals surface area contributed by atoms with Crippen LogP contribution in [0.2, 0.25) is 10.3 Å². The predicted octanol–water partition coefficient (Wildman–Crippen LogP) is 2.61. The summed E-state index contributed by atoms with van der Waals surface area (Å²) in [5, 5.41) is 10.7.